The molecule has 1 atom stereocenters. The van der Waals surface area contributed by atoms with Crippen molar-refractivity contribution in [2.45, 2.75) is 73.3 Å². The summed E-state index contributed by atoms with van der Waals surface area (Å²) in [6, 6.07) is 4.50. The largest absolute Gasteiger partial charge is 0.378 e. The predicted molar refractivity (Wildman–Crippen MR) is 98.6 cm³/mol. The van der Waals surface area contributed by atoms with Crippen molar-refractivity contribution in [3.05, 3.63) is 23.3 Å². The molecule has 0 aromatic heterocycles. The first-order chi connectivity index (χ1) is 10.2. The number of anilines is 1. The van der Waals surface area contributed by atoms with Gasteiger partial charge in [-0.1, -0.05) is 27.7 Å². The zero-order chi connectivity index (χ0) is 16.5. The Morgan fingerprint density at radius 3 is 2.32 bits per heavy atom. The molecule has 1 aliphatic rings. The van der Waals surface area contributed by atoms with Gasteiger partial charge in [0.1, 0.15) is 0 Å². The van der Waals surface area contributed by atoms with Crippen LogP contribution in [0.2, 0.25) is 0 Å². The lowest BCUT2D eigenvalue weighted by atomic mass is 9.84. The summed E-state index contributed by atoms with van der Waals surface area (Å²) in [6.07, 6.45) is 3.29. The minimum Gasteiger partial charge on any atom is -0.378 e. The van der Waals surface area contributed by atoms with Gasteiger partial charge in [0, 0.05) is 17.7 Å². The van der Waals surface area contributed by atoms with E-state index in [1.165, 1.54) is 22.5 Å². The Morgan fingerprint density at radius 1 is 1.09 bits per heavy atom. The molecule has 122 valence electrons. The molecule has 2 nitrogen and oxygen atoms in total. The van der Waals surface area contributed by atoms with Crippen LogP contribution in [0.5, 0.6) is 0 Å². The quantitative estimate of drug-likeness (QED) is 0.720. The summed E-state index contributed by atoms with van der Waals surface area (Å²) in [7, 11) is 0. The van der Waals surface area contributed by atoms with Gasteiger partial charge in [-0.2, -0.15) is 0 Å². The average molecular weight is 300 g/mol. The Labute approximate surface area is 136 Å². The highest BCUT2D eigenvalue weighted by atomic mass is 15.0. The van der Waals surface area contributed by atoms with Crippen molar-refractivity contribution in [3.8, 4) is 0 Å². The summed E-state index contributed by atoms with van der Waals surface area (Å²) in [5.74, 6) is 1.32. The topological polar surface area (TPSA) is 24.4 Å². The Hall–Kier alpha value is -1.31. The first-order valence-corrected chi connectivity index (χ1v) is 8.64. The highest BCUT2D eigenvalue weighted by Gasteiger charge is 2.30. The van der Waals surface area contributed by atoms with Crippen LogP contribution in [0.25, 0.3) is 0 Å². The second kappa shape index (κ2) is 6.44. The maximum Gasteiger partial charge on any atom is 0.0863 e. The van der Waals surface area contributed by atoms with Gasteiger partial charge in [0.2, 0.25) is 0 Å². The molecule has 1 heterocycles. The Kier molecular flexibility index (Phi) is 4.99. The fourth-order valence-electron chi connectivity index (χ4n) is 3.64. The fraction of sp³-hybridized carbons (Fsp3) is 0.650. The molecule has 0 fully saturated rings. The number of rotatable bonds is 4. The predicted octanol–water partition coefficient (Wildman–Crippen LogP) is 6.04. The number of aliphatic imine (C=N–C) groups is 1. The van der Waals surface area contributed by atoms with Gasteiger partial charge in [0.05, 0.1) is 11.4 Å². The van der Waals surface area contributed by atoms with E-state index in [1.54, 1.807) is 0 Å². The average Bonchev–Trinajstić information content (AvgIpc) is 2.44. The zero-order valence-corrected chi connectivity index (χ0v) is 15.4. The van der Waals surface area contributed by atoms with Gasteiger partial charge in [-0.15, -0.1) is 0 Å². The molecule has 1 aromatic carbocycles. The van der Waals surface area contributed by atoms with Crippen LogP contribution in [0.3, 0.4) is 0 Å². The van der Waals surface area contributed by atoms with Crippen molar-refractivity contribution in [3.63, 3.8) is 0 Å². The monoisotopic (exact) mass is 300 g/mol. The number of hydrogen-bond donors (Lipinski definition) is 1. The van der Waals surface area contributed by atoms with E-state index in [9.17, 15) is 0 Å². The van der Waals surface area contributed by atoms with Gasteiger partial charge >= 0.3 is 0 Å². The summed E-state index contributed by atoms with van der Waals surface area (Å²) in [5.41, 5.74) is 6.40. The Balaban J connectivity index is 2.47. The molecule has 22 heavy (non-hydrogen) atoms. The van der Waals surface area contributed by atoms with Crippen LogP contribution in [0.1, 0.15) is 65.0 Å². The summed E-state index contributed by atoms with van der Waals surface area (Å²) < 4.78 is 0. The van der Waals surface area contributed by atoms with E-state index in [-0.39, 0.29) is 5.54 Å². The van der Waals surface area contributed by atoms with E-state index in [2.05, 4.69) is 65.9 Å². The molecular weight excluding hydrogens is 268 g/mol. The lowest BCUT2D eigenvalue weighted by Gasteiger charge is -2.33. The van der Waals surface area contributed by atoms with E-state index >= 15 is 0 Å². The molecule has 1 unspecified atom stereocenters. The number of nitrogens with one attached hydrogen (secondary N) is 1. The maximum atomic E-state index is 5.04. The van der Waals surface area contributed by atoms with Crippen LogP contribution in [-0.4, -0.2) is 11.3 Å². The lowest BCUT2D eigenvalue weighted by Crippen LogP contribution is -2.38. The van der Waals surface area contributed by atoms with Gasteiger partial charge in [-0.3, -0.25) is 4.99 Å². The van der Waals surface area contributed by atoms with Gasteiger partial charge in [-0.05, 0) is 68.7 Å². The molecule has 0 bridgehead atoms. The van der Waals surface area contributed by atoms with E-state index in [0.717, 1.165) is 24.9 Å². The number of aryl methyl sites for hydroxylation is 2. The third-order valence-corrected chi connectivity index (χ3v) is 4.42. The SMILES string of the molecule is Cc1cc2c(cc1C)NC(C)(CC(C)C)CC(CC(C)C)=N2. The third kappa shape index (κ3) is 4.12. The fourth-order valence-corrected chi connectivity index (χ4v) is 3.64. The van der Waals surface area contributed by atoms with E-state index < -0.39 is 0 Å². The van der Waals surface area contributed by atoms with Crippen LogP contribution >= 0.6 is 0 Å². The summed E-state index contributed by atoms with van der Waals surface area (Å²) in [4.78, 5) is 5.04. The standard InChI is InChI=1S/C20H32N2/c1-13(2)8-17-12-20(7,11-14(3)4)22-19-10-16(6)15(5)9-18(19)21-17/h9-10,13-14,22H,8,11-12H2,1-7H3. The number of nitrogens with zero attached hydrogens (tertiary/aromatic N) is 1. The van der Waals surface area contributed by atoms with Crippen LogP contribution in [0, 0.1) is 25.7 Å². The van der Waals surface area contributed by atoms with Gasteiger partial charge in [-0.25, -0.2) is 0 Å². The molecule has 2 heteroatoms. The van der Waals surface area contributed by atoms with E-state index in [4.69, 9.17) is 4.99 Å². The maximum absolute atomic E-state index is 5.04. The number of fused-ring (bicyclic) bond motifs is 1. The minimum atomic E-state index is 0.0921. The summed E-state index contributed by atoms with van der Waals surface area (Å²) in [6.45, 7) is 15.9. The molecule has 2 rings (SSSR count). The van der Waals surface area contributed by atoms with Crippen LogP contribution in [0.4, 0.5) is 11.4 Å². The normalized spacial score (nSPS) is 21.4. The Bertz CT molecular complexity index is 569. The highest BCUT2D eigenvalue weighted by Crippen LogP contribution is 2.38. The molecule has 0 saturated heterocycles. The molecule has 0 radical (unpaired) electrons. The van der Waals surface area contributed by atoms with Crippen molar-refractivity contribution in [1.82, 2.24) is 0 Å². The van der Waals surface area contributed by atoms with E-state index in [0.29, 0.717) is 11.8 Å². The Morgan fingerprint density at radius 2 is 1.73 bits per heavy atom. The van der Waals surface area contributed by atoms with Crippen LogP contribution in [0.15, 0.2) is 17.1 Å². The van der Waals surface area contributed by atoms with Crippen molar-refractivity contribution >= 4 is 17.1 Å². The molecule has 0 amide bonds. The van der Waals surface area contributed by atoms with E-state index in [1.807, 2.05) is 0 Å². The molecule has 1 aliphatic heterocycles. The molecule has 0 aliphatic carbocycles. The molecule has 1 N–H and O–H groups in total. The van der Waals surface area contributed by atoms with Crippen molar-refractivity contribution in [1.29, 1.82) is 0 Å². The molecular formula is C20H32N2. The summed E-state index contributed by atoms with van der Waals surface area (Å²) in [5, 5.41) is 3.82. The van der Waals surface area contributed by atoms with Crippen molar-refractivity contribution in [2.75, 3.05) is 5.32 Å². The second-order valence-electron chi connectivity index (χ2n) is 8.19. The number of benzene rings is 1. The van der Waals surface area contributed by atoms with Crippen molar-refractivity contribution in [2.24, 2.45) is 16.8 Å². The van der Waals surface area contributed by atoms with Crippen LogP contribution < -0.4 is 5.32 Å². The van der Waals surface area contributed by atoms with Gasteiger partial charge < -0.3 is 5.32 Å². The van der Waals surface area contributed by atoms with Crippen molar-refractivity contribution < 1.29 is 0 Å². The lowest BCUT2D eigenvalue weighted by molar-refractivity contribution is 0.408. The third-order valence-electron chi connectivity index (χ3n) is 4.42. The second-order valence-corrected chi connectivity index (χ2v) is 8.19. The molecule has 1 aromatic rings. The molecule has 0 saturated carbocycles. The first kappa shape index (κ1) is 17.1. The minimum absolute atomic E-state index is 0.0921. The van der Waals surface area contributed by atoms with Gasteiger partial charge in [0.25, 0.3) is 0 Å². The smallest absolute Gasteiger partial charge is 0.0863 e. The van der Waals surface area contributed by atoms with Crippen LogP contribution in [-0.2, 0) is 0 Å². The highest BCUT2D eigenvalue weighted by molar-refractivity contribution is 5.92. The summed E-state index contributed by atoms with van der Waals surface area (Å²) >= 11 is 0. The van der Waals surface area contributed by atoms with Gasteiger partial charge in [0.15, 0.2) is 0 Å². The zero-order valence-electron chi connectivity index (χ0n) is 15.4. The number of hydrogen-bond acceptors (Lipinski definition) is 2. The molecule has 0 spiro atoms. The first-order valence-electron chi connectivity index (χ1n) is 8.64.